The zero-order chi connectivity index (χ0) is 18.6. The fourth-order valence-electron chi connectivity index (χ4n) is 2.42. The van der Waals surface area contributed by atoms with Crippen LogP contribution >= 0.6 is 11.3 Å². The second-order valence-corrected chi connectivity index (χ2v) is 6.38. The van der Waals surface area contributed by atoms with Crippen molar-refractivity contribution in [1.29, 1.82) is 0 Å². The Balaban J connectivity index is 1.32. The van der Waals surface area contributed by atoms with E-state index in [-0.39, 0.29) is 18.9 Å². The van der Waals surface area contributed by atoms with Gasteiger partial charge in [0.05, 0.1) is 0 Å². The molecular weight excluding hydrogens is 372 g/mol. The van der Waals surface area contributed by atoms with Crippen LogP contribution in [0.3, 0.4) is 0 Å². The summed E-state index contributed by atoms with van der Waals surface area (Å²) in [6.07, 6.45) is 0. The number of ketones is 1. The number of rotatable bonds is 6. The van der Waals surface area contributed by atoms with Gasteiger partial charge in [0, 0.05) is 16.5 Å². The summed E-state index contributed by atoms with van der Waals surface area (Å²) in [4.78, 5) is 25.3. The van der Waals surface area contributed by atoms with Crippen LogP contribution in [0.25, 0.3) is 11.4 Å². The summed E-state index contributed by atoms with van der Waals surface area (Å²) >= 11 is 1.51. The van der Waals surface area contributed by atoms with Crippen molar-refractivity contribution in [2.45, 2.75) is 6.54 Å². The Labute approximate surface area is 157 Å². The molecule has 9 nitrogen and oxygen atoms in total. The second kappa shape index (κ2) is 7.54. The molecule has 138 valence electrons. The van der Waals surface area contributed by atoms with Crippen LogP contribution in [0.15, 0.2) is 35.0 Å². The first-order valence-corrected chi connectivity index (χ1v) is 9.02. The summed E-state index contributed by atoms with van der Waals surface area (Å²) in [5, 5.41) is 15.6. The number of fused-ring (bicyclic) bond motifs is 1. The highest BCUT2D eigenvalue weighted by molar-refractivity contribution is 7.08. The van der Waals surface area contributed by atoms with Crippen molar-refractivity contribution in [3.63, 3.8) is 0 Å². The second-order valence-electron chi connectivity index (χ2n) is 5.60. The highest BCUT2D eigenvalue weighted by Gasteiger charge is 2.17. The van der Waals surface area contributed by atoms with E-state index < -0.39 is 5.97 Å². The Morgan fingerprint density at radius 2 is 2.04 bits per heavy atom. The van der Waals surface area contributed by atoms with Crippen LogP contribution in [-0.2, 0) is 16.1 Å². The number of carbonyl (C=O) groups excluding carboxylic acids is 2. The Morgan fingerprint density at radius 1 is 1.19 bits per heavy atom. The summed E-state index contributed by atoms with van der Waals surface area (Å²) in [6, 6.07) is 6.71. The minimum Gasteiger partial charge on any atom is -0.486 e. The van der Waals surface area contributed by atoms with Crippen LogP contribution in [0.5, 0.6) is 11.5 Å². The Hall–Kier alpha value is -3.27. The molecule has 4 rings (SSSR count). The van der Waals surface area contributed by atoms with Crippen LogP contribution in [0.4, 0.5) is 0 Å². The highest BCUT2D eigenvalue weighted by atomic mass is 32.1. The number of esters is 1. The Kier molecular flexibility index (Phi) is 4.79. The fourth-order valence-corrected chi connectivity index (χ4v) is 3.06. The van der Waals surface area contributed by atoms with Gasteiger partial charge in [-0.1, -0.05) is 0 Å². The fraction of sp³-hybridized carbons (Fsp3) is 0.235. The monoisotopic (exact) mass is 386 g/mol. The molecule has 3 heterocycles. The molecule has 0 amide bonds. The molecule has 10 heteroatoms. The average Bonchev–Trinajstić information content (AvgIpc) is 3.37. The number of tetrazole rings is 1. The van der Waals surface area contributed by atoms with E-state index in [1.807, 2.05) is 16.8 Å². The molecular formula is C17H14N4O5S. The molecule has 0 atom stereocenters. The summed E-state index contributed by atoms with van der Waals surface area (Å²) in [5.74, 6) is 0.553. The van der Waals surface area contributed by atoms with E-state index in [9.17, 15) is 9.59 Å². The molecule has 0 bridgehead atoms. The third-order valence-corrected chi connectivity index (χ3v) is 4.41. The quantitative estimate of drug-likeness (QED) is 0.465. The van der Waals surface area contributed by atoms with Gasteiger partial charge in [0.15, 0.2) is 30.4 Å². The number of Topliss-reactive ketones (excluding diaryl/α,β-unsaturated/α-hetero) is 1. The van der Waals surface area contributed by atoms with Gasteiger partial charge in [-0.25, -0.2) is 4.79 Å². The van der Waals surface area contributed by atoms with E-state index in [0.717, 1.165) is 10.4 Å². The number of nitrogens with zero attached hydrogens (tertiary/aromatic N) is 4. The maximum absolute atomic E-state index is 12.2. The molecule has 1 aliphatic rings. The summed E-state index contributed by atoms with van der Waals surface area (Å²) < 4.78 is 15.9. The van der Waals surface area contributed by atoms with Crippen molar-refractivity contribution in [3.8, 4) is 22.9 Å². The lowest BCUT2D eigenvalue weighted by molar-refractivity contribution is -0.143. The number of hydrogen-bond acceptors (Lipinski definition) is 9. The molecule has 27 heavy (non-hydrogen) atoms. The lowest BCUT2D eigenvalue weighted by atomic mass is 10.1. The smallest absolute Gasteiger partial charge is 0.330 e. The largest absolute Gasteiger partial charge is 0.486 e. The summed E-state index contributed by atoms with van der Waals surface area (Å²) in [5.41, 5.74) is 1.21. The third-order valence-electron chi connectivity index (χ3n) is 3.73. The van der Waals surface area contributed by atoms with Crippen molar-refractivity contribution in [1.82, 2.24) is 20.2 Å². The zero-order valence-electron chi connectivity index (χ0n) is 14.0. The first kappa shape index (κ1) is 17.2. The average molecular weight is 386 g/mol. The van der Waals surface area contributed by atoms with Crippen LogP contribution in [0.2, 0.25) is 0 Å². The van der Waals surface area contributed by atoms with Gasteiger partial charge < -0.3 is 14.2 Å². The van der Waals surface area contributed by atoms with Gasteiger partial charge in [-0.15, -0.1) is 10.2 Å². The number of aromatic nitrogens is 4. The predicted octanol–water partition coefficient (Wildman–Crippen LogP) is 1.60. The minimum atomic E-state index is -0.629. The first-order valence-electron chi connectivity index (χ1n) is 8.08. The van der Waals surface area contributed by atoms with Gasteiger partial charge in [0.1, 0.15) is 13.2 Å². The van der Waals surface area contributed by atoms with Gasteiger partial charge >= 0.3 is 5.97 Å². The molecule has 0 saturated heterocycles. The molecule has 3 aromatic rings. The molecule has 0 saturated carbocycles. The van der Waals surface area contributed by atoms with Gasteiger partial charge in [-0.3, -0.25) is 4.79 Å². The van der Waals surface area contributed by atoms with Crippen LogP contribution in [0, 0.1) is 0 Å². The van der Waals surface area contributed by atoms with Crippen molar-refractivity contribution < 1.29 is 23.8 Å². The minimum absolute atomic E-state index is 0.231. The number of hydrogen-bond donors (Lipinski definition) is 0. The number of benzene rings is 1. The van der Waals surface area contributed by atoms with Crippen LogP contribution in [-0.4, -0.2) is 51.8 Å². The predicted molar refractivity (Wildman–Crippen MR) is 93.9 cm³/mol. The topological polar surface area (TPSA) is 105 Å². The molecule has 0 fully saturated rings. The molecule has 2 aromatic heterocycles. The molecule has 0 unspecified atom stereocenters. The molecule has 0 spiro atoms. The van der Waals surface area contributed by atoms with E-state index in [1.165, 1.54) is 11.3 Å². The normalized spacial score (nSPS) is 12.6. The van der Waals surface area contributed by atoms with Gasteiger partial charge in [0.2, 0.25) is 5.82 Å². The SMILES string of the molecule is O=C(Cn1nnc(-c2ccsc2)n1)OCC(=O)c1ccc2c(c1)OCCO2. The maximum atomic E-state index is 12.2. The highest BCUT2D eigenvalue weighted by Crippen LogP contribution is 2.30. The van der Waals surface area contributed by atoms with Crippen LogP contribution in [0.1, 0.15) is 10.4 Å². The molecule has 0 N–H and O–H groups in total. The maximum Gasteiger partial charge on any atom is 0.330 e. The molecule has 0 aliphatic carbocycles. The van der Waals surface area contributed by atoms with Crippen LogP contribution < -0.4 is 9.47 Å². The van der Waals surface area contributed by atoms with Gasteiger partial charge in [-0.2, -0.15) is 16.1 Å². The molecule has 0 radical (unpaired) electrons. The first-order chi connectivity index (χ1) is 13.2. The van der Waals surface area contributed by atoms with E-state index >= 15 is 0 Å². The number of ether oxygens (including phenoxy) is 3. The zero-order valence-corrected chi connectivity index (χ0v) is 14.8. The standard InChI is InChI=1S/C17H14N4O5S/c22-13(11-1-2-14-15(7-11)25-5-4-24-14)9-26-16(23)8-21-19-17(18-20-21)12-3-6-27-10-12/h1-3,6-7,10H,4-5,8-9H2. The van der Waals surface area contributed by atoms with Gasteiger partial charge in [-0.05, 0) is 34.9 Å². The van der Waals surface area contributed by atoms with Crippen molar-refractivity contribution in [2.24, 2.45) is 0 Å². The van der Waals surface area contributed by atoms with E-state index in [2.05, 4.69) is 15.4 Å². The number of carbonyl (C=O) groups is 2. The van der Waals surface area contributed by atoms with Crippen molar-refractivity contribution >= 4 is 23.1 Å². The molecule has 1 aliphatic heterocycles. The Morgan fingerprint density at radius 3 is 2.85 bits per heavy atom. The summed E-state index contributed by atoms with van der Waals surface area (Å²) in [6.45, 7) is 0.288. The molecule has 1 aromatic carbocycles. The lowest BCUT2D eigenvalue weighted by Gasteiger charge is -2.18. The van der Waals surface area contributed by atoms with Crippen molar-refractivity contribution in [3.05, 3.63) is 40.6 Å². The van der Waals surface area contributed by atoms with E-state index in [4.69, 9.17) is 14.2 Å². The van der Waals surface area contributed by atoms with Crippen molar-refractivity contribution in [2.75, 3.05) is 19.8 Å². The number of thiophene rings is 1. The lowest BCUT2D eigenvalue weighted by Crippen LogP contribution is -2.20. The van der Waals surface area contributed by atoms with Gasteiger partial charge in [0.25, 0.3) is 0 Å². The Bertz CT molecular complexity index is 970. The third kappa shape index (κ3) is 3.95. The van der Waals surface area contributed by atoms with E-state index in [0.29, 0.717) is 36.1 Å². The summed E-state index contributed by atoms with van der Waals surface area (Å²) in [7, 11) is 0. The van der Waals surface area contributed by atoms with E-state index in [1.54, 1.807) is 18.2 Å².